The predicted octanol–water partition coefficient (Wildman–Crippen LogP) is 4.58. The van der Waals surface area contributed by atoms with Crippen LogP contribution in [0.25, 0.3) is 10.8 Å². The van der Waals surface area contributed by atoms with Gasteiger partial charge in [0.05, 0.1) is 0 Å². The molecule has 0 unspecified atom stereocenters. The maximum Gasteiger partial charge on any atom is 0.147 e. The molecule has 2 nitrogen and oxygen atoms in total. The predicted molar refractivity (Wildman–Crippen MR) is 101 cm³/mol. The monoisotopic (exact) mass is 323 g/mol. The van der Waals surface area contributed by atoms with Gasteiger partial charge in [0.15, 0.2) is 0 Å². The highest BCUT2D eigenvalue weighted by Gasteiger charge is 2.36. The van der Waals surface area contributed by atoms with Crippen LogP contribution in [0.5, 0.6) is 5.75 Å². The molecule has 1 aliphatic rings. The SMILES string of the molecule is CC[C@](CN)(Oc1cccc2ccccc12)C1=CC=CCC1=S. The van der Waals surface area contributed by atoms with Crippen molar-refractivity contribution in [1.29, 1.82) is 0 Å². The molecule has 0 radical (unpaired) electrons. The third kappa shape index (κ3) is 2.94. The van der Waals surface area contributed by atoms with Crippen molar-refractivity contribution in [2.45, 2.75) is 25.4 Å². The van der Waals surface area contributed by atoms with Gasteiger partial charge in [-0.15, -0.1) is 0 Å². The molecule has 3 heteroatoms. The number of nitrogens with two attached hydrogens (primary N) is 1. The van der Waals surface area contributed by atoms with E-state index in [0.29, 0.717) is 6.54 Å². The van der Waals surface area contributed by atoms with Gasteiger partial charge in [0.1, 0.15) is 11.4 Å². The summed E-state index contributed by atoms with van der Waals surface area (Å²) in [5.41, 5.74) is 6.61. The number of fused-ring (bicyclic) bond motifs is 1. The minimum Gasteiger partial charge on any atom is -0.481 e. The van der Waals surface area contributed by atoms with Gasteiger partial charge in [-0.1, -0.05) is 73.8 Å². The lowest BCUT2D eigenvalue weighted by Crippen LogP contribution is -2.47. The van der Waals surface area contributed by atoms with Crippen LogP contribution >= 0.6 is 12.2 Å². The zero-order chi connectivity index (χ0) is 16.3. The first-order valence-corrected chi connectivity index (χ1v) is 8.38. The minimum atomic E-state index is -0.577. The Kier molecular flexibility index (Phi) is 4.60. The van der Waals surface area contributed by atoms with E-state index in [2.05, 4.69) is 31.2 Å². The first kappa shape index (κ1) is 15.9. The number of rotatable bonds is 5. The van der Waals surface area contributed by atoms with E-state index < -0.39 is 5.60 Å². The summed E-state index contributed by atoms with van der Waals surface area (Å²) in [6.07, 6.45) is 7.71. The number of thiocarbonyl (C=S) groups is 1. The van der Waals surface area contributed by atoms with E-state index in [-0.39, 0.29) is 0 Å². The van der Waals surface area contributed by atoms with Crippen LogP contribution in [-0.4, -0.2) is 17.0 Å². The Morgan fingerprint density at radius 1 is 1.17 bits per heavy atom. The van der Waals surface area contributed by atoms with Gasteiger partial charge in [0.2, 0.25) is 0 Å². The lowest BCUT2D eigenvalue weighted by molar-refractivity contribution is 0.120. The molecule has 0 heterocycles. The highest BCUT2D eigenvalue weighted by Crippen LogP contribution is 2.34. The lowest BCUT2D eigenvalue weighted by atomic mass is 9.85. The number of hydrogen-bond acceptors (Lipinski definition) is 3. The molecule has 23 heavy (non-hydrogen) atoms. The first-order chi connectivity index (χ1) is 11.2. The van der Waals surface area contributed by atoms with Gasteiger partial charge in [-0.3, -0.25) is 0 Å². The highest BCUT2D eigenvalue weighted by atomic mass is 32.1. The molecule has 2 aromatic carbocycles. The fourth-order valence-corrected chi connectivity index (χ4v) is 3.41. The van der Waals surface area contributed by atoms with E-state index in [0.717, 1.165) is 39.8 Å². The summed E-state index contributed by atoms with van der Waals surface area (Å²) in [7, 11) is 0. The quantitative estimate of drug-likeness (QED) is 0.818. The molecule has 0 bridgehead atoms. The summed E-state index contributed by atoms with van der Waals surface area (Å²) >= 11 is 5.56. The molecule has 3 rings (SSSR count). The molecule has 0 saturated carbocycles. The van der Waals surface area contributed by atoms with Crippen LogP contribution in [0, 0.1) is 0 Å². The zero-order valence-corrected chi connectivity index (χ0v) is 14.1. The molecule has 0 aliphatic heterocycles. The van der Waals surface area contributed by atoms with Crippen LogP contribution in [0.4, 0.5) is 0 Å². The molecule has 0 amide bonds. The number of benzene rings is 2. The molecule has 2 N–H and O–H groups in total. The highest BCUT2D eigenvalue weighted by molar-refractivity contribution is 7.80. The molecule has 0 fully saturated rings. The van der Waals surface area contributed by atoms with Gasteiger partial charge in [0, 0.05) is 28.8 Å². The molecule has 0 spiro atoms. The Labute approximate surface area is 142 Å². The van der Waals surface area contributed by atoms with Gasteiger partial charge in [0.25, 0.3) is 0 Å². The Morgan fingerprint density at radius 2 is 1.96 bits per heavy atom. The second-order valence-electron chi connectivity index (χ2n) is 5.77. The molecular formula is C20H21NOS. The molecule has 1 atom stereocenters. The van der Waals surface area contributed by atoms with Crippen molar-refractivity contribution in [3.8, 4) is 5.75 Å². The van der Waals surface area contributed by atoms with Gasteiger partial charge in [-0.2, -0.15) is 0 Å². The third-order valence-electron chi connectivity index (χ3n) is 4.45. The largest absolute Gasteiger partial charge is 0.481 e. The van der Waals surface area contributed by atoms with E-state index in [1.54, 1.807) is 0 Å². The van der Waals surface area contributed by atoms with Crippen LogP contribution in [0.15, 0.2) is 66.3 Å². The van der Waals surface area contributed by atoms with E-state index in [1.165, 1.54) is 0 Å². The van der Waals surface area contributed by atoms with E-state index in [1.807, 2.05) is 36.4 Å². The van der Waals surface area contributed by atoms with Crippen molar-refractivity contribution in [2.75, 3.05) is 6.54 Å². The average molecular weight is 323 g/mol. The van der Waals surface area contributed by atoms with Gasteiger partial charge < -0.3 is 10.5 Å². The van der Waals surface area contributed by atoms with Crippen LogP contribution in [0.2, 0.25) is 0 Å². The first-order valence-electron chi connectivity index (χ1n) is 7.97. The van der Waals surface area contributed by atoms with Crippen LogP contribution in [0.3, 0.4) is 0 Å². The Hall–Kier alpha value is -1.97. The standard InChI is InChI=1S/C20H21NOS/c1-2-20(14-21,17-11-5-6-13-19(17)23)22-18-12-7-9-15-8-3-4-10-16(15)18/h3-12H,2,13-14,21H2,1H3/t20-/m1/s1. The summed E-state index contributed by atoms with van der Waals surface area (Å²) < 4.78 is 6.51. The molecule has 118 valence electrons. The second-order valence-corrected chi connectivity index (χ2v) is 6.26. The molecule has 0 aromatic heterocycles. The van der Waals surface area contributed by atoms with Crippen molar-refractivity contribution in [1.82, 2.24) is 0 Å². The van der Waals surface area contributed by atoms with E-state index in [9.17, 15) is 0 Å². The lowest BCUT2D eigenvalue weighted by Gasteiger charge is -2.36. The van der Waals surface area contributed by atoms with Crippen molar-refractivity contribution in [3.05, 3.63) is 66.3 Å². The molecule has 1 aliphatic carbocycles. The maximum atomic E-state index is 6.51. The summed E-state index contributed by atoms with van der Waals surface area (Å²) in [6, 6.07) is 14.3. The van der Waals surface area contributed by atoms with Crippen LogP contribution in [0.1, 0.15) is 19.8 Å². The molecule has 0 saturated heterocycles. The summed E-state index contributed by atoms with van der Waals surface area (Å²) in [6.45, 7) is 2.49. The minimum absolute atomic E-state index is 0.395. The second kappa shape index (κ2) is 6.65. The third-order valence-corrected chi connectivity index (χ3v) is 4.84. The summed E-state index contributed by atoms with van der Waals surface area (Å²) in [5.74, 6) is 0.855. The van der Waals surface area contributed by atoms with Crippen LogP contribution in [-0.2, 0) is 0 Å². The number of allylic oxidation sites excluding steroid dienone is 3. The van der Waals surface area contributed by atoms with Crippen molar-refractivity contribution >= 4 is 27.9 Å². The van der Waals surface area contributed by atoms with Crippen molar-refractivity contribution < 1.29 is 4.74 Å². The van der Waals surface area contributed by atoms with Crippen molar-refractivity contribution in [3.63, 3.8) is 0 Å². The van der Waals surface area contributed by atoms with Gasteiger partial charge in [-0.05, 0) is 17.9 Å². The van der Waals surface area contributed by atoms with Crippen LogP contribution < -0.4 is 10.5 Å². The van der Waals surface area contributed by atoms with Crippen molar-refractivity contribution in [2.24, 2.45) is 5.73 Å². The van der Waals surface area contributed by atoms with E-state index >= 15 is 0 Å². The molecular weight excluding hydrogens is 302 g/mol. The fourth-order valence-electron chi connectivity index (χ4n) is 3.06. The Morgan fingerprint density at radius 3 is 2.70 bits per heavy atom. The smallest absolute Gasteiger partial charge is 0.147 e. The number of hydrogen-bond donors (Lipinski definition) is 1. The number of ether oxygens (including phenoxy) is 1. The van der Waals surface area contributed by atoms with Gasteiger partial charge in [-0.25, -0.2) is 0 Å². The Balaban J connectivity index is 2.07. The average Bonchev–Trinajstić information content (AvgIpc) is 2.61. The normalized spacial score (nSPS) is 17.0. The Bertz CT molecular complexity index is 782. The van der Waals surface area contributed by atoms with Gasteiger partial charge >= 0.3 is 0 Å². The maximum absolute atomic E-state index is 6.51. The fraction of sp³-hybridized carbons (Fsp3) is 0.250. The topological polar surface area (TPSA) is 35.2 Å². The van der Waals surface area contributed by atoms with E-state index in [4.69, 9.17) is 22.7 Å². The summed E-state index contributed by atoms with van der Waals surface area (Å²) in [4.78, 5) is 0.917. The summed E-state index contributed by atoms with van der Waals surface area (Å²) in [5, 5.41) is 2.26. The molecule has 2 aromatic rings. The zero-order valence-electron chi connectivity index (χ0n) is 13.3.